The summed E-state index contributed by atoms with van der Waals surface area (Å²) in [5.41, 5.74) is -0.904. The first-order valence-electron chi connectivity index (χ1n) is 6.83. The first kappa shape index (κ1) is 14.1. The minimum absolute atomic E-state index is 0.00632. The second kappa shape index (κ2) is 5.36. The molecule has 0 aromatic heterocycles. The van der Waals surface area contributed by atoms with E-state index < -0.39 is 11.5 Å². The number of amides is 2. The lowest BCUT2D eigenvalue weighted by Crippen LogP contribution is -2.62. The summed E-state index contributed by atoms with van der Waals surface area (Å²) in [5.74, 6) is -0.868. The van der Waals surface area contributed by atoms with Crippen molar-refractivity contribution in [3.63, 3.8) is 0 Å². The van der Waals surface area contributed by atoms with Crippen LogP contribution in [-0.4, -0.2) is 41.4 Å². The molecule has 1 unspecified atom stereocenters. The fourth-order valence-corrected chi connectivity index (χ4v) is 2.82. The van der Waals surface area contributed by atoms with E-state index in [-0.39, 0.29) is 18.0 Å². The Hall–Kier alpha value is -1.30. The molecule has 2 rings (SSSR count). The van der Waals surface area contributed by atoms with Gasteiger partial charge < -0.3 is 20.5 Å². The van der Waals surface area contributed by atoms with Crippen LogP contribution in [0.25, 0.3) is 0 Å². The van der Waals surface area contributed by atoms with Crippen LogP contribution in [0.1, 0.15) is 45.4 Å². The fraction of sp³-hybridized carbons (Fsp3) is 0.846. The molecule has 1 saturated heterocycles. The van der Waals surface area contributed by atoms with Crippen LogP contribution in [0.5, 0.6) is 0 Å². The smallest absolute Gasteiger partial charge is 0.315 e. The molecule has 1 heterocycles. The van der Waals surface area contributed by atoms with Crippen LogP contribution in [0, 0.1) is 0 Å². The number of nitrogens with one attached hydrogen (secondary N) is 2. The summed E-state index contributed by atoms with van der Waals surface area (Å²) in [4.78, 5) is 22.9. The van der Waals surface area contributed by atoms with Crippen molar-refractivity contribution in [2.24, 2.45) is 0 Å². The lowest BCUT2D eigenvalue weighted by molar-refractivity contribution is -0.139. The van der Waals surface area contributed by atoms with Crippen molar-refractivity contribution in [1.29, 1.82) is 0 Å². The van der Waals surface area contributed by atoms with E-state index in [0.717, 1.165) is 38.7 Å². The molecule has 0 bridgehead atoms. The summed E-state index contributed by atoms with van der Waals surface area (Å²) in [6, 6.07) is -0.283. The molecule has 1 atom stereocenters. The third-order valence-electron chi connectivity index (χ3n) is 4.03. The fourth-order valence-electron chi connectivity index (χ4n) is 2.82. The molecule has 2 amide bonds. The van der Waals surface area contributed by atoms with E-state index in [1.807, 2.05) is 6.92 Å². The Bertz CT molecular complexity index is 360. The average Bonchev–Trinajstić information content (AvgIpc) is 2.25. The van der Waals surface area contributed by atoms with Gasteiger partial charge in [-0.2, -0.15) is 0 Å². The topological polar surface area (TPSA) is 87.7 Å². The molecule has 3 N–H and O–H groups in total. The molecule has 6 nitrogen and oxygen atoms in total. The molecular formula is C13H22N2O4. The Morgan fingerprint density at radius 1 is 1.21 bits per heavy atom. The molecule has 19 heavy (non-hydrogen) atoms. The zero-order valence-corrected chi connectivity index (χ0v) is 11.3. The predicted molar refractivity (Wildman–Crippen MR) is 69.0 cm³/mol. The van der Waals surface area contributed by atoms with Gasteiger partial charge in [-0.25, -0.2) is 4.79 Å². The number of carbonyl (C=O) groups excluding carboxylic acids is 1. The number of aliphatic carboxylic acids is 1. The number of rotatable bonds is 4. The molecule has 2 aliphatic rings. The number of hydrogen-bond donors (Lipinski definition) is 3. The number of urea groups is 1. The quantitative estimate of drug-likeness (QED) is 0.717. The van der Waals surface area contributed by atoms with Crippen molar-refractivity contribution < 1.29 is 19.4 Å². The third kappa shape index (κ3) is 3.59. The van der Waals surface area contributed by atoms with Gasteiger partial charge in [0, 0.05) is 6.61 Å². The summed E-state index contributed by atoms with van der Waals surface area (Å²) in [6.07, 6.45) is 4.24. The van der Waals surface area contributed by atoms with Gasteiger partial charge in [0.05, 0.1) is 24.1 Å². The van der Waals surface area contributed by atoms with Crippen molar-refractivity contribution in [2.45, 2.75) is 56.5 Å². The average molecular weight is 270 g/mol. The van der Waals surface area contributed by atoms with Gasteiger partial charge in [0.2, 0.25) is 0 Å². The van der Waals surface area contributed by atoms with Crippen LogP contribution in [0.3, 0.4) is 0 Å². The summed E-state index contributed by atoms with van der Waals surface area (Å²) >= 11 is 0. The van der Waals surface area contributed by atoms with E-state index in [4.69, 9.17) is 9.84 Å². The number of hydrogen-bond acceptors (Lipinski definition) is 3. The van der Waals surface area contributed by atoms with E-state index in [1.54, 1.807) is 0 Å². The van der Waals surface area contributed by atoms with E-state index in [0.29, 0.717) is 6.61 Å². The zero-order chi connectivity index (χ0) is 13.9. The van der Waals surface area contributed by atoms with Crippen LogP contribution in [0.2, 0.25) is 0 Å². The first-order valence-corrected chi connectivity index (χ1v) is 6.83. The maximum Gasteiger partial charge on any atom is 0.315 e. The maximum atomic E-state index is 12.0. The van der Waals surface area contributed by atoms with E-state index in [1.165, 1.54) is 0 Å². The Morgan fingerprint density at radius 2 is 1.95 bits per heavy atom. The predicted octanol–water partition coefficient (Wildman–Crippen LogP) is 1.25. The minimum atomic E-state index is -0.868. The number of ether oxygens (including phenoxy) is 1. The van der Waals surface area contributed by atoms with Crippen molar-refractivity contribution in [3.8, 4) is 0 Å². The van der Waals surface area contributed by atoms with E-state index in [9.17, 15) is 9.59 Å². The molecule has 2 fully saturated rings. The molecule has 1 aliphatic heterocycles. The van der Waals surface area contributed by atoms with Crippen molar-refractivity contribution in [2.75, 3.05) is 13.2 Å². The number of carboxylic acid groups (broad SMARTS) is 1. The van der Waals surface area contributed by atoms with Crippen LogP contribution in [0.4, 0.5) is 4.79 Å². The summed E-state index contributed by atoms with van der Waals surface area (Å²) in [6.45, 7) is 3.20. The molecule has 0 aromatic carbocycles. The summed E-state index contributed by atoms with van der Waals surface area (Å²) < 4.78 is 5.38. The van der Waals surface area contributed by atoms with Crippen molar-refractivity contribution in [1.82, 2.24) is 10.6 Å². The van der Waals surface area contributed by atoms with Crippen LogP contribution in [0.15, 0.2) is 0 Å². The van der Waals surface area contributed by atoms with Gasteiger partial charge in [-0.1, -0.05) is 0 Å². The Morgan fingerprint density at radius 3 is 2.42 bits per heavy atom. The molecule has 0 aromatic rings. The highest BCUT2D eigenvalue weighted by Crippen LogP contribution is 2.35. The van der Waals surface area contributed by atoms with Gasteiger partial charge in [-0.05, 0) is 39.0 Å². The second-order valence-corrected chi connectivity index (χ2v) is 6.00. The monoisotopic (exact) mass is 270 g/mol. The lowest BCUT2D eigenvalue weighted by Gasteiger charge is -2.43. The van der Waals surface area contributed by atoms with Gasteiger partial charge in [-0.3, -0.25) is 4.79 Å². The zero-order valence-electron chi connectivity index (χ0n) is 11.3. The molecule has 108 valence electrons. The van der Waals surface area contributed by atoms with Crippen molar-refractivity contribution >= 4 is 12.0 Å². The summed E-state index contributed by atoms with van der Waals surface area (Å²) in [5, 5.41) is 14.7. The molecular weight excluding hydrogens is 248 g/mol. The minimum Gasteiger partial charge on any atom is -0.481 e. The third-order valence-corrected chi connectivity index (χ3v) is 4.03. The Balaban J connectivity index is 1.87. The van der Waals surface area contributed by atoms with Gasteiger partial charge in [0.15, 0.2) is 0 Å². The van der Waals surface area contributed by atoms with Gasteiger partial charge >= 0.3 is 12.0 Å². The van der Waals surface area contributed by atoms with Crippen molar-refractivity contribution in [3.05, 3.63) is 0 Å². The molecule has 0 radical (unpaired) electrons. The van der Waals surface area contributed by atoms with E-state index >= 15 is 0 Å². The number of carbonyl (C=O) groups is 2. The second-order valence-electron chi connectivity index (χ2n) is 6.00. The van der Waals surface area contributed by atoms with Gasteiger partial charge in [0.25, 0.3) is 0 Å². The highest BCUT2D eigenvalue weighted by atomic mass is 16.5. The van der Waals surface area contributed by atoms with E-state index in [2.05, 4.69) is 10.6 Å². The van der Waals surface area contributed by atoms with Crippen LogP contribution in [-0.2, 0) is 9.53 Å². The standard InChI is InChI=1S/C13H22N2O4/c1-12(4-3-7-19-9-12)14-11(18)15-13(5-2-6-13)8-10(16)17/h2-9H2,1H3,(H,16,17)(H2,14,15,18). The normalized spacial score (nSPS) is 29.1. The van der Waals surface area contributed by atoms with Crippen LogP contribution < -0.4 is 10.6 Å². The van der Waals surface area contributed by atoms with Gasteiger partial charge in [-0.15, -0.1) is 0 Å². The first-order chi connectivity index (χ1) is 8.93. The largest absolute Gasteiger partial charge is 0.481 e. The van der Waals surface area contributed by atoms with Gasteiger partial charge in [0.1, 0.15) is 0 Å². The molecule has 1 aliphatic carbocycles. The molecule has 0 spiro atoms. The maximum absolute atomic E-state index is 12.0. The molecule has 6 heteroatoms. The summed E-state index contributed by atoms with van der Waals surface area (Å²) in [7, 11) is 0. The highest BCUT2D eigenvalue weighted by Gasteiger charge is 2.41. The molecule has 1 saturated carbocycles. The SMILES string of the molecule is CC1(NC(=O)NC2(CC(=O)O)CCC2)CCCOC1. The Kier molecular flexibility index (Phi) is 3.99. The van der Waals surface area contributed by atoms with Crippen LogP contribution >= 0.6 is 0 Å². The Labute approximate surface area is 112 Å². The lowest BCUT2D eigenvalue weighted by atomic mass is 9.74. The number of carboxylic acids is 1. The highest BCUT2D eigenvalue weighted by molar-refractivity contribution is 5.77.